The highest BCUT2D eigenvalue weighted by molar-refractivity contribution is 7.89. The average Bonchev–Trinajstić information content (AvgIpc) is 2.49. The number of nitrogens with zero attached hydrogens (tertiary/aromatic N) is 2. The fourth-order valence-electron chi connectivity index (χ4n) is 2.78. The predicted molar refractivity (Wildman–Crippen MR) is 90.4 cm³/mol. The highest BCUT2D eigenvalue weighted by Gasteiger charge is 2.37. The molecule has 1 fully saturated rings. The number of halogens is 1. The molecule has 0 spiro atoms. The van der Waals surface area contributed by atoms with Crippen molar-refractivity contribution in [2.24, 2.45) is 5.73 Å². The average molecular weight is 364 g/mol. The van der Waals surface area contributed by atoms with Crippen LogP contribution in [-0.2, 0) is 10.0 Å². The van der Waals surface area contributed by atoms with Crippen molar-refractivity contribution in [3.05, 3.63) is 33.4 Å². The molecular formula is C14H22ClN3O4S. The van der Waals surface area contributed by atoms with E-state index in [0.29, 0.717) is 24.1 Å². The van der Waals surface area contributed by atoms with Gasteiger partial charge in [0.1, 0.15) is 0 Å². The van der Waals surface area contributed by atoms with Crippen LogP contribution in [0, 0.1) is 24.0 Å². The lowest BCUT2D eigenvalue weighted by Gasteiger charge is -2.33. The molecule has 0 amide bonds. The van der Waals surface area contributed by atoms with Gasteiger partial charge >= 0.3 is 0 Å². The van der Waals surface area contributed by atoms with Crippen molar-refractivity contribution in [3.8, 4) is 0 Å². The Morgan fingerprint density at radius 3 is 2.48 bits per heavy atom. The van der Waals surface area contributed by atoms with Crippen molar-refractivity contribution in [2.75, 3.05) is 13.1 Å². The maximum atomic E-state index is 12.9. The topological polar surface area (TPSA) is 107 Å². The second-order valence-electron chi connectivity index (χ2n) is 5.66. The van der Waals surface area contributed by atoms with Crippen LogP contribution < -0.4 is 5.73 Å². The summed E-state index contributed by atoms with van der Waals surface area (Å²) in [4.78, 5) is 10.4. The second kappa shape index (κ2) is 7.57. The number of piperidine rings is 1. The number of sulfonamides is 1. The van der Waals surface area contributed by atoms with E-state index in [0.717, 1.165) is 12.8 Å². The van der Waals surface area contributed by atoms with Gasteiger partial charge in [-0.25, -0.2) is 8.42 Å². The van der Waals surface area contributed by atoms with E-state index >= 15 is 0 Å². The summed E-state index contributed by atoms with van der Waals surface area (Å²) in [6.07, 6.45) is 2.35. The van der Waals surface area contributed by atoms with Crippen molar-refractivity contribution in [1.82, 2.24) is 4.31 Å². The zero-order valence-electron chi connectivity index (χ0n) is 13.2. The van der Waals surface area contributed by atoms with E-state index in [2.05, 4.69) is 0 Å². The second-order valence-corrected chi connectivity index (χ2v) is 7.52. The Bertz CT molecular complexity index is 694. The minimum atomic E-state index is -3.93. The molecule has 1 aromatic carbocycles. The smallest absolute Gasteiger partial charge is 0.289 e. The fourth-order valence-corrected chi connectivity index (χ4v) is 4.71. The number of nitrogens with two attached hydrogens (primary N) is 1. The molecular weight excluding hydrogens is 342 g/mol. The molecule has 130 valence electrons. The van der Waals surface area contributed by atoms with Gasteiger partial charge < -0.3 is 5.73 Å². The first-order valence-electron chi connectivity index (χ1n) is 7.26. The number of hydrogen-bond donors (Lipinski definition) is 1. The van der Waals surface area contributed by atoms with Gasteiger partial charge in [-0.2, -0.15) is 4.31 Å². The zero-order valence-corrected chi connectivity index (χ0v) is 14.8. The summed E-state index contributed by atoms with van der Waals surface area (Å²) < 4.78 is 27.1. The predicted octanol–water partition coefficient (Wildman–Crippen LogP) is 2.14. The number of nitro benzene ring substituents is 1. The molecule has 2 rings (SSSR count). The molecule has 1 saturated heterocycles. The zero-order chi connectivity index (χ0) is 16.5. The third-order valence-electron chi connectivity index (χ3n) is 4.20. The highest BCUT2D eigenvalue weighted by atomic mass is 35.5. The summed E-state index contributed by atoms with van der Waals surface area (Å²) in [5, 5.41) is 11.3. The molecule has 1 aliphatic rings. The van der Waals surface area contributed by atoms with Gasteiger partial charge in [0, 0.05) is 25.2 Å². The summed E-state index contributed by atoms with van der Waals surface area (Å²) >= 11 is 0. The lowest BCUT2D eigenvalue weighted by atomic mass is 10.1. The van der Waals surface area contributed by atoms with E-state index in [-0.39, 0.29) is 35.6 Å². The van der Waals surface area contributed by atoms with Gasteiger partial charge in [0.25, 0.3) is 5.69 Å². The van der Waals surface area contributed by atoms with Gasteiger partial charge in [-0.15, -0.1) is 12.4 Å². The van der Waals surface area contributed by atoms with E-state index in [1.54, 1.807) is 13.8 Å². The van der Waals surface area contributed by atoms with E-state index in [9.17, 15) is 18.5 Å². The summed E-state index contributed by atoms with van der Waals surface area (Å²) in [5.74, 6) is 0. The first kappa shape index (κ1) is 19.8. The fraction of sp³-hybridized carbons (Fsp3) is 0.571. The summed E-state index contributed by atoms with van der Waals surface area (Å²) in [6.45, 7) is 4.04. The van der Waals surface area contributed by atoms with Crippen LogP contribution >= 0.6 is 12.4 Å². The first-order chi connectivity index (χ1) is 10.3. The number of rotatable bonds is 4. The molecule has 1 aliphatic heterocycles. The van der Waals surface area contributed by atoms with Gasteiger partial charge in [-0.05, 0) is 43.9 Å². The largest absolute Gasteiger partial charge is 0.329 e. The van der Waals surface area contributed by atoms with E-state index in [1.807, 2.05) is 0 Å². The minimum absolute atomic E-state index is 0. The molecule has 23 heavy (non-hydrogen) atoms. The van der Waals surface area contributed by atoms with Crippen molar-refractivity contribution in [1.29, 1.82) is 0 Å². The van der Waals surface area contributed by atoms with Crippen LogP contribution in [0.3, 0.4) is 0 Å². The van der Waals surface area contributed by atoms with E-state index in [1.165, 1.54) is 16.4 Å². The maximum Gasteiger partial charge on any atom is 0.289 e. The molecule has 0 radical (unpaired) electrons. The third kappa shape index (κ3) is 3.82. The molecule has 7 nitrogen and oxygen atoms in total. The Kier molecular flexibility index (Phi) is 6.52. The Balaban J connectivity index is 0.00000264. The normalized spacial score (nSPS) is 19.2. The van der Waals surface area contributed by atoms with Crippen molar-refractivity contribution in [3.63, 3.8) is 0 Å². The quantitative estimate of drug-likeness (QED) is 0.651. The Morgan fingerprint density at radius 1 is 1.30 bits per heavy atom. The molecule has 0 aliphatic carbocycles. The van der Waals surface area contributed by atoms with Crippen LogP contribution in [-0.4, -0.2) is 36.8 Å². The van der Waals surface area contributed by atoms with Gasteiger partial charge in [-0.1, -0.05) is 6.42 Å². The summed E-state index contributed by atoms with van der Waals surface area (Å²) in [7, 11) is -3.93. The van der Waals surface area contributed by atoms with Crippen molar-refractivity contribution >= 4 is 28.1 Å². The highest BCUT2D eigenvalue weighted by Crippen LogP contribution is 2.32. The van der Waals surface area contributed by atoms with Gasteiger partial charge in [-0.3, -0.25) is 10.1 Å². The Labute approximate surface area is 142 Å². The molecule has 1 aromatic rings. The minimum Gasteiger partial charge on any atom is -0.329 e. The summed E-state index contributed by atoms with van der Waals surface area (Å²) in [6, 6.07) is 2.43. The van der Waals surface area contributed by atoms with Crippen LogP contribution in [0.25, 0.3) is 0 Å². The molecule has 1 heterocycles. The number of benzene rings is 1. The molecule has 0 aromatic heterocycles. The van der Waals surface area contributed by atoms with Crippen LogP contribution in [0.2, 0.25) is 0 Å². The van der Waals surface area contributed by atoms with Crippen LogP contribution in [0.4, 0.5) is 5.69 Å². The SMILES string of the molecule is Cc1cc([N+](=O)[O-])c(S(=O)(=O)N2CCCCC2CN)cc1C.Cl. The van der Waals surface area contributed by atoms with Crippen molar-refractivity contribution in [2.45, 2.75) is 44.0 Å². The number of hydrogen-bond acceptors (Lipinski definition) is 5. The number of aryl methyl sites for hydroxylation is 2. The molecule has 1 atom stereocenters. The van der Waals surface area contributed by atoms with Crippen LogP contribution in [0.5, 0.6) is 0 Å². The molecule has 0 saturated carbocycles. The van der Waals surface area contributed by atoms with E-state index in [4.69, 9.17) is 5.73 Å². The van der Waals surface area contributed by atoms with Crippen LogP contribution in [0.1, 0.15) is 30.4 Å². The van der Waals surface area contributed by atoms with Gasteiger partial charge in [0.15, 0.2) is 4.90 Å². The summed E-state index contributed by atoms with van der Waals surface area (Å²) in [5.41, 5.74) is 6.72. The molecule has 2 N–H and O–H groups in total. The standard InChI is InChI=1S/C14H21N3O4S.ClH/c1-10-7-13(17(18)19)14(8-11(10)2)22(20,21)16-6-4-3-5-12(16)9-15;/h7-8,12H,3-6,9,15H2,1-2H3;1H. The van der Waals surface area contributed by atoms with Gasteiger partial charge in [0.2, 0.25) is 10.0 Å². The maximum absolute atomic E-state index is 12.9. The monoisotopic (exact) mass is 363 g/mol. The Hall–Kier alpha value is -1.22. The molecule has 0 bridgehead atoms. The Morgan fingerprint density at radius 2 is 1.91 bits per heavy atom. The first-order valence-corrected chi connectivity index (χ1v) is 8.70. The van der Waals surface area contributed by atoms with Gasteiger partial charge in [0.05, 0.1) is 4.92 Å². The lowest BCUT2D eigenvalue weighted by molar-refractivity contribution is -0.387. The third-order valence-corrected chi connectivity index (χ3v) is 6.18. The van der Waals surface area contributed by atoms with Crippen molar-refractivity contribution < 1.29 is 13.3 Å². The molecule has 9 heteroatoms. The lowest BCUT2D eigenvalue weighted by Crippen LogP contribution is -2.47. The van der Waals surface area contributed by atoms with Crippen LogP contribution in [0.15, 0.2) is 17.0 Å². The van der Waals surface area contributed by atoms with E-state index < -0.39 is 14.9 Å². The molecule has 1 unspecified atom stereocenters. The number of nitro groups is 1.